The summed E-state index contributed by atoms with van der Waals surface area (Å²) in [7, 11) is 0. The SMILES string of the molecule is CC(=N)c1ccc(OC(C)C)cc1. The van der Waals surface area contributed by atoms with E-state index in [-0.39, 0.29) is 6.10 Å². The molecule has 0 saturated heterocycles. The van der Waals surface area contributed by atoms with E-state index in [4.69, 9.17) is 10.1 Å². The first-order chi connectivity index (χ1) is 6.09. The Morgan fingerprint density at radius 2 is 1.77 bits per heavy atom. The molecule has 0 aliphatic carbocycles. The van der Waals surface area contributed by atoms with Gasteiger partial charge in [-0.15, -0.1) is 0 Å². The average Bonchev–Trinajstić information content (AvgIpc) is 2.04. The third kappa shape index (κ3) is 2.90. The quantitative estimate of drug-likeness (QED) is 0.707. The van der Waals surface area contributed by atoms with E-state index in [0.29, 0.717) is 5.71 Å². The highest BCUT2D eigenvalue weighted by molar-refractivity contribution is 5.96. The first kappa shape index (κ1) is 9.78. The van der Waals surface area contributed by atoms with Crippen LogP contribution in [0.2, 0.25) is 0 Å². The molecule has 0 aromatic heterocycles. The Morgan fingerprint density at radius 3 is 2.15 bits per heavy atom. The molecule has 1 aromatic carbocycles. The van der Waals surface area contributed by atoms with E-state index >= 15 is 0 Å². The summed E-state index contributed by atoms with van der Waals surface area (Å²) in [4.78, 5) is 0. The van der Waals surface area contributed by atoms with Crippen LogP contribution in [0, 0.1) is 5.41 Å². The maximum atomic E-state index is 7.41. The van der Waals surface area contributed by atoms with E-state index in [2.05, 4.69) is 0 Å². The van der Waals surface area contributed by atoms with Gasteiger partial charge in [-0.3, -0.25) is 0 Å². The van der Waals surface area contributed by atoms with Crippen LogP contribution in [-0.4, -0.2) is 11.8 Å². The van der Waals surface area contributed by atoms with Crippen molar-refractivity contribution in [2.75, 3.05) is 0 Å². The van der Waals surface area contributed by atoms with E-state index in [1.807, 2.05) is 38.1 Å². The minimum Gasteiger partial charge on any atom is -0.491 e. The first-order valence-electron chi connectivity index (χ1n) is 4.42. The third-order valence-electron chi connectivity index (χ3n) is 1.66. The van der Waals surface area contributed by atoms with Crippen LogP contribution in [0.5, 0.6) is 5.75 Å². The summed E-state index contributed by atoms with van der Waals surface area (Å²) in [5, 5.41) is 7.41. The fourth-order valence-electron chi connectivity index (χ4n) is 1.06. The highest BCUT2D eigenvalue weighted by Crippen LogP contribution is 2.13. The highest BCUT2D eigenvalue weighted by atomic mass is 16.5. The second-order valence-corrected chi connectivity index (χ2v) is 3.32. The molecule has 13 heavy (non-hydrogen) atoms. The molecular formula is C11H15NO. The molecule has 0 atom stereocenters. The van der Waals surface area contributed by atoms with Gasteiger partial charge in [0.1, 0.15) is 5.75 Å². The van der Waals surface area contributed by atoms with Crippen molar-refractivity contribution in [2.45, 2.75) is 26.9 Å². The van der Waals surface area contributed by atoms with Crippen LogP contribution in [0.25, 0.3) is 0 Å². The van der Waals surface area contributed by atoms with Crippen LogP contribution >= 0.6 is 0 Å². The lowest BCUT2D eigenvalue weighted by Gasteiger charge is -2.09. The second kappa shape index (κ2) is 4.08. The number of nitrogens with one attached hydrogen (secondary N) is 1. The van der Waals surface area contributed by atoms with Crippen molar-refractivity contribution < 1.29 is 4.74 Å². The summed E-state index contributed by atoms with van der Waals surface area (Å²) in [6.07, 6.45) is 0.201. The summed E-state index contributed by atoms with van der Waals surface area (Å²) in [6.45, 7) is 5.77. The van der Waals surface area contributed by atoms with E-state index in [0.717, 1.165) is 11.3 Å². The van der Waals surface area contributed by atoms with Crippen LogP contribution in [0.3, 0.4) is 0 Å². The van der Waals surface area contributed by atoms with Gasteiger partial charge in [-0.2, -0.15) is 0 Å². The smallest absolute Gasteiger partial charge is 0.119 e. The Morgan fingerprint density at radius 1 is 1.23 bits per heavy atom. The molecule has 0 saturated carbocycles. The van der Waals surface area contributed by atoms with Crippen LogP contribution in [0.1, 0.15) is 26.3 Å². The minimum absolute atomic E-state index is 0.201. The Labute approximate surface area is 79.1 Å². The molecule has 0 unspecified atom stereocenters. The first-order valence-corrected chi connectivity index (χ1v) is 4.42. The monoisotopic (exact) mass is 177 g/mol. The van der Waals surface area contributed by atoms with Crippen molar-refractivity contribution in [3.8, 4) is 5.75 Å². The molecule has 0 fully saturated rings. The van der Waals surface area contributed by atoms with Gasteiger partial charge in [0.15, 0.2) is 0 Å². The molecule has 0 radical (unpaired) electrons. The van der Waals surface area contributed by atoms with Crippen molar-refractivity contribution >= 4 is 5.71 Å². The molecule has 0 spiro atoms. The number of hydrogen-bond donors (Lipinski definition) is 1. The molecule has 0 aliphatic rings. The Hall–Kier alpha value is -1.31. The third-order valence-corrected chi connectivity index (χ3v) is 1.66. The molecule has 0 bridgehead atoms. The molecule has 2 nitrogen and oxygen atoms in total. The molecular weight excluding hydrogens is 162 g/mol. The lowest BCUT2D eigenvalue weighted by molar-refractivity contribution is 0.242. The van der Waals surface area contributed by atoms with Gasteiger partial charge in [0.2, 0.25) is 0 Å². The van der Waals surface area contributed by atoms with Gasteiger partial charge in [-0.1, -0.05) is 0 Å². The van der Waals surface area contributed by atoms with Gasteiger partial charge in [-0.25, -0.2) is 0 Å². The zero-order chi connectivity index (χ0) is 9.84. The van der Waals surface area contributed by atoms with Crippen molar-refractivity contribution in [1.29, 1.82) is 5.41 Å². The van der Waals surface area contributed by atoms with Gasteiger partial charge in [-0.05, 0) is 50.6 Å². The molecule has 70 valence electrons. The summed E-state index contributed by atoms with van der Waals surface area (Å²) >= 11 is 0. The van der Waals surface area contributed by atoms with Gasteiger partial charge in [0.05, 0.1) is 6.10 Å². The minimum atomic E-state index is 0.201. The molecule has 2 heteroatoms. The van der Waals surface area contributed by atoms with E-state index in [9.17, 15) is 0 Å². The van der Waals surface area contributed by atoms with Crippen LogP contribution in [0.4, 0.5) is 0 Å². The van der Waals surface area contributed by atoms with Crippen molar-refractivity contribution in [3.05, 3.63) is 29.8 Å². The van der Waals surface area contributed by atoms with Gasteiger partial charge < -0.3 is 10.1 Å². The van der Waals surface area contributed by atoms with Crippen LogP contribution in [0.15, 0.2) is 24.3 Å². The largest absolute Gasteiger partial charge is 0.491 e. The molecule has 0 heterocycles. The van der Waals surface area contributed by atoms with Gasteiger partial charge in [0, 0.05) is 5.71 Å². The number of rotatable bonds is 3. The second-order valence-electron chi connectivity index (χ2n) is 3.32. The lowest BCUT2D eigenvalue weighted by atomic mass is 10.1. The molecule has 1 N–H and O–H groups in total. The molecule has 0 aliphatic heterocycles. The summed E-state index contributed by atoms with van der Waals surface area (Å²) in [5.41, 5.74) is 1.52. The maximum absolute atomic E-state index is 7.41. The van der Waals surface area contributed by atoms with E-state index in [1.54, 1.807) is 6.92 Å². The Balaban J connectivity index is 2.75. The van der Waals surface area contributed by atoms with Crippen molar-refractivity contribution in [1.82, 2.24) is 0 Å². The molecule has 1 aromatic rings. The van der Waals surface area contributed by atoms with E-state index in [1.165, 1.54) is 0 Å². The standard InChI is InChI=1S/C11H15NO/c1-8(2)13-11-6-4-10(5-7-11)9(3)12/h4-8,12H,1-3H3. The number of ether oxygens (including phenoxy) is 1. The number of benzene rings is 1. The lowest BCUT2D eigenvalue weighted by Crippen LogP contribution is -2.05. The fourth-order valence-corrected chi connectivity index (χ4v) is 1.06. The normalized spacial score (nSPS) is 10.2. The van der Waals surface area contributed by atoms with E-state index < -0.39 is 0 Å². The van der Waals surface area contributed by atoms with Crippen LogP contribution < -0.4 is 4.74 Å². The summed E-state index contributed by atoms with van der Waals surface area (Å²) in [6, 6.07) is 7.60. The average molecular weight is 177 g/mol. The van der Waals surface area contributed by atoms with Crippen molar-refractivity contribution in [3.63, 3.8) is 0 Å². The maximum Gasteiger partial charge on any atom is 0.119 e. The zero-order valence-electron chi connectivity index (χ0n) is 8.29. The highest BCUT2D eigenvalue weighted by Gasteiger charge is 1.98. The summed E-state index contributed by atoms with van der Waals surface area (Å²) in [5.74, 6) is 0.861. The van der Waals surface area contributed by atoms with Crippen LogP contribution in [-0.2, 0) is 0 Å². The fraction of sp³-hybridized carbons (Fsp3) is 0.364. The zero-order valence-corrected chi connectivity index (χ0v) is 8.29. The topological polar surface area (TPSA) is 33.1 Å². The Kier molecular flexibility index (Phi) is 3.07. The number of hydrogen-bond acceptors (Lipinski definition) is 2. The summed E-state index contributed by atoms with van der Waals surface area (Å²) < 4.78 is 5.48. The van der Waals surface area contributed by atoms with Gasteiger partial charge in [0.25, 0.3) is 0 Å². The predicted molar refractivity (Wildman–Crippen MR) is 54.7 cm³/mol. The Bertz CT molecular complexity index is 287. The van der Waals surface area contributed by atoms with Crippen molar-refractivity contribution in [2.24, 2.45) is 0 Å². The predicted octanol–water partition coefficient (Wildman–Crippen LogP) is 2.86. The molecule has 1 rings (SSSR count). The molecule has 0 amide bonds. The van der Waals surface area contributed by atoms with Gasteiger partial charge >= 0.3 is 0 Å².